The molecule has 1 atom stereocenters. The minimum absolute atomic E-state index is 0.0309. The summed E-state index contributed by atoms with van der Waals surface area (Å²) in [4.78, 5) is 28.5. The number of benzene rings is 1. The van der Waals surface area contributed by atoms with E-state index in [1.54, 1.807) is 6.20 Å². The molecular weight excluding hydrogens is 386 g/mol. The summed E-state index contributed by atoms with van der Waals surface area (Å²) in [5, 5.41) is 2.13. The van der Waals surface area contributed by atoms with Gasteiger partial charge in [0.2, 0.25) is 0 Å². The molecule has 0 radical (unpaired) electrons. The number of nitrogens with zero attached hydrogens (tertiary/aromatic N) is 3. The molecule has 6 nitrogen and oxygen atoms in total. The van der Waals surface area contributed by atoms with Crippen molar-refractivity contribution in [1.29, 1.82) is 0 Å². The van der Waals surface area contributed by atoms with E-state index in [-0.39, 0.29) is 11.9 Å². The van der Waals surface area contributed by atoms with Crippen LogP contribution in [0.4, 0.5) is 0 Å². The summed E-state index contributed by atoms with van der Waals surface area (Å²) in [5.74, 6) is -0.0438. The zero-order valence-corrected chi connectivity index (χ0v) is 17.6. The summed E-state index contributed by atoms with van der Waals surface area (Å²) < 4.78 is 0. The Morgan fingerprint density at radius 1 is 1.06 bits per heavy atom. The second-order valence-corrected chi connectivity index (χ2v) is 8.20. The molecule has 4 aromatic rings. The maximum Gasteiger partial charge on any atom is 0.275 e. The number of pyridine rings is 2. The fourth-order valence-corrected chi connectivity index (χ4v) is 4.79. The number of aryl methyl sites for hydroxylation is 1. The van der Waals surface area contributed by atoms with Gasteiger partial charge in [0.05, 0.1) is 17.3 Å². The number of carbonyl (C=O) groups excluding carboxylic acids is 1. The number of H-pyrrole nitrogens is 1. The van der Waals surface area contributed by atoms with Crippen molar-refractivity contribution in [2.45, 2.75) is 38.1 Å². The van der Waals surface area contributed by atoms with E-state index in [4.69, 9.17) is 5.73 Å². The van der Waals surface area contributed by atoms with Gasteiger partial charge in [-0.25, -0.2) is 4.98 Å². The Kier molecular flexibility index (Phi) is 5.38. The zero-order chi connectivity index (χ0) is 21.2. The van der Waals surface area contributed by atoms with Gasteiger partial charge < -0.3 is 15.6 Å². The van der Waals surface area contributed by atoms with Crippen molar-refractivity contribution in [1.82, 2.24) is 19.9 Å². The molecule has 158 valence electrons. The van der Waals surface area contributed by atoms with E-state index in [2.05, 4.69) is 27.1 Å². The highest BCUT2D eigenvalue weighted by Crippen LogP contribution is 2.35. The van der Waals surface area contributed by atoms with Crippen LogP contribution in [0.25, 0.3) is 21.8 Å². The summed E-state index contributed by atoms with van der Waals surface area (Å²) >= 11 is 0. The number of aromatic nitrogens is 3. The van der Waals surface area contributed by atoms with Crippen molar-refractivity contribution < 1.29 is 4.79 Å². The molecule has 31 heavy (non-hydrogen) atoms. The molecule has 0 fully saturated rings. The van der Waals surface area contributed by atoms with Crippen molar-refractivity contribution in [2.24, 2.45) is 5.73 Å². The Morgan fingerprint density at radius 2 is 1.97 bits per heavy atom. The van der Waals surface area contributed by atoms with Crippen molar-refractivity contribution >= 4 is 27.7 Å². The smallest absolute Gasteiger partial charge is 0.275 e. The van der Waals surface area contributed by atoms with Crippen LogP contribution in [0.1, 0.15) is 53.5 Å². The van der Waals surface area contributed by atoms with Gasteiger partial charge in [0.1, 0.15) is 0 Å². The molecular formula is C25H27N5O. The third-order valence-corrected chi connectivity index (χ3v) is 6.29. The number of hydrogen-bond acceptors (Lipinski definition) is 4. The Labute approximate surface area is 181 Å². The summed E-state index contributed by atoms with van der Waals surface area (Å²) in [6.07, 6.45) is 8.30. The van der Waals surface area contributed by atoms with E-state index in [1.807, 2.05) is 41.4 Å². The fourth-order valence-electron chi connectivity index (χ4n) is 4.79. The van der Waals surface area contributed by atoms with Crippen LogP contribution in [0.15, 0.2) is 54.9 Å². The van der Waals surface area contributed by atoms with Crippen molar-refractivity contribution in [2.75, 3.05) is 13.1 Å². The first-order valence-corrected chi connectivity index (χ1v) is 11.1. The average molecular weight is 414 g/mol. The third-order valence-electron chi connectivity index (χ3n) is 6.29. The van der Waals surface area contributed by atoms with Gasteiger partial charge in [-0.05, 0) is 62.4 Å². The lowest BCUT2D eigenvalue weighted by atomic mass is 9.90. The number of amides is 1. The minimum atomic E-state index is -0.0438. The van der Waals surface area contributed by atoms with Crippen LogP contribution in [0.5, 0.6) is 0 Å². The molecule has 1 unspecified atom stereocenters. The highest BCUT2D eigenvalue weighted by molar-refractivity contribution is 6.13. The number of nitrogens with one attached hydrogen (secondary N) is 1. The van der Waals surface area contributed by atoms with Gasteiger partial charge in [-0.3, -0.25) is 9.78 Å². The SMILES string of the molecule is NCCCCN(C(=O)c1nccc2c1[nH]c1ccccc12)C1CCCc2cccnc21. The molecule has 0 bridgehead atoms. The van der Waals surface area contributed by atoms with Crippen LogP contribution < -0.4 is 5.73 Å². The standard InChI is InChI=1S/C25H27N5O/c26-13-3-4-16-30(21-11-5-7-17-8-6-14-27-22(17)21)25(31)24-23-19(12-15-28-24)18-9-1-2-10-20(18)29-23/h1-2,6,8-10,12,14-15,21,29H,3-5,7,11,13,16,26H2. The molecule has 0 saturated carbocycles. The maximum absolute atomic E-state index is 13.9. The van der Waals surface area contributed by atoms with Crippen molar-refractivity contribution in [3.05, 3.63) is 71.8 Å². The number of unbranched alkanes of at least 4 members (excludes halogenated alkanes) is 1. The van der Waals surface area contributed by atoms with Gasteiger partial charge >= 0.3 is 0 Å². The summed E-state index contributed by atoms with van der Waals surface area (Å²) in [6, 6.07) is 14.2. The van der Waals surface area contributed by atoms with E-state index in [0.717, 1.165) is 59.6 Å². The molecule has 5 rings (SSSR count). The molecule has 1 aliphatic rings. The van der Waals surface area contributed by atoms with Gasteiger partial charge in [-0.15, -0.1) is 0 Å². The topological polar surface area (TPSA) is 87.9 Å². The molecule has 1 amide bonds. The molecule has 0 saturated heterocycles. The van der Waals surface area contributed by atoms with Crippen LogP contribution in [-0.4, -0.2) is 38.8 Å². The summed E-state index contributed by atoms with van der Waals surface area (Å²) in [6.45, 7) is 1.27. The van der Waals surface area contributed by atoms with Crippen molar-refractivity contribution in [3.63, 3.8) is 0 Å². The maximum atomic E-state index is 13.9. The lowest BCUT2D eigenvalue weighted by Gasteiger charge is -2.35. The van der Waals surface area contributed by atoms with Crippen LogP contribution in [0, 0.1) is 0 Å². The molecule has 3 N–H and O–H groups in total. The van der Waals surface area contributed by atoms with Crippen LogP contribution in [0.3, 0.4) is 0 Å². The Bertz CT molecular complexity index is 1230. The Hall–Kier alpha value is -3.25. The first-order valence-electron chi connectivity index (χ1n) is 11.1. The van der Waals surface area contributed by atoms with E-state index in [0.29, 0.717) is 18.8 Å². The number of rotatable bonds is 6. The number of fused-ring (bicyclic) bond motifs is 4. The van der Waals surface area contributed by atoms with E-state index in [1.165, 1.54) is 5.56 Å². The average Bonchev–Trinajstić information content (AvgIpc) is 3.20. The van der Waals surface area contributed by atoms with Crippen LogP contribution in [-0.2, 0) is 6.42 Å². The lowest BCUT2D eigenvalue weighted by Crippen LogP contribution is -2.38. The first kappa shape index (κ1) is 19.7. The lowest BCUT2D eigenvalue weighted by molar-refractivity contribution is 0.0644. The molecule has 0 aliphatic heterocycles. The van der Waals surface area contributed by atoms with Gasteiger partial charge in [-0.2, -0.15) is 0 Å². The second kappa shape index (κ2) is 8.47. The summed E-state index contributed by atoms with van der Waals surface area (Å²) in [5.41, 5.74) is 10.3. The monoisotopic (exact) mass is 413 g/mol. The first-order chi connectivity index (χ1) is 15.3. The van der Waals surface area contributed by atoms with Gasteiger partial charge in [0.25, 0.3) is 5.91 Å². The van der Waals surface area contributed by atoms with E-state index in [9.17, 15) is 4.79 Å². The largest absolute Gasteiger partial charge is 0.353 e. The minimum Gasteiger partial charge on any atom is -0.353 e. The second-order valence-electron chi connectivity index (χ2n) is 8.20. The normalized spacial score (nSPS) is 15.8. The highest BCUT2D eigenvalue weighted by Gasteiger charge is 2.32. The quantitative estimate of drug-likeness (QED) is 0.460. The molecule has 1 aliphatic carbocycles. The number of para-hydroxylation sites is 1. The molecule has 6 heteroatoms. The molecule has 1 aromatic carbocycles. The van der Waals surface area contributed by atoms with E-state index < -0.39 is 0 Å². The van der Waals surface area contributed by atoms with Gasteiger partial charge in [0, 0.05) is 35.2 Å². The third kappa shape index (κ3) is 3.57. The van der Waals surface area contributed by atoms with E-state index >= 15 is 0 Å². The Morgan fingerprint density at radius 3 is 2.87 bits per heavy atom. The predicted octanol–water partition coefficient (Wildman–Crippen LogP) is 4.37. The molecule has 3 heterocycles. The number of carbonyl (C=O) groups is 1. The van der Waals surface area contributed by atoms with Gasteiger partial charge in [0.15, 0.2) is 5.69 Å². The zero-order valence-electron chi connectivity index (χ0n) is 17.6. The van der Waals surface area contributed by atoms with Crippen LogP contribution >= 0.6 is 0 Å². The number of nitrogens with two attached hydrogens (primary N) is 1. The van der Waals surface area contributed by atoms with Crippen LogP contribution in [0.2, 0.25) is 0 Å². The Balaban J connectivity index is 1.58. The number of hydrogen-bond donors (Lipinski definition) is 2. The summed E-state index contributed by atoms with van der Waals surface area (Å²) in [7, 11) is 0. The predicted molar refractivity (Wildman–Crippen MR) is 123 cm³/mol. The fraction of sp³-hybridized carbons (Fsp3) is 0.320. The molecule has 0 spiro atoms. The molecule has 3 aromatic heterocycles. The van der Waals surface area contributed by atoms with Gasteiger partial charge in [-0.1, -0.05) is 24.3 Å². The number of aromatic amines is 1. The van der Waals surface area contributed by atoms with Crippen molar-refractivity contribution in [3.8, 4) is 0 Å². The highest BCUT2D eigenvalue weighted by atomic mass is 16.2.